The number of carbonyl (C=O) groups excluding carboxylic acids is 2. The van der Waals surface area contributed by atoms with E-state index in [0.717, 1.165) is 70.6 Å². The fourth-order valence-corrected chi connectivity index (χ4v) is 9.71. The Morgan fingerprint density at radius 1 is 0.528 bits per heavy atom. The topological polar surface area (TPSA) is 175 Å². The third-order valence-electron chi connectivity index (χ3n) is 14.6. The smallest absolute Gasteiger partial charge is 0.306 e. The molecule has 1 aliphatic rings. The highest BCUT2D eigenvalue weighted by atomic mass is 16.7. The average molecular weight is 1020 g/mol. The maximum Gasteiger partial charge on any atom is 0.306 e. The van der Waals surface area contributed by atoms with Gasteiger partial charge in [0.1, 0.15) is 24.4 Å². The maximum absolute atomic E-state index is 13.4. The summed E-state index contributed by atoms with van der Waals surface area (Å²) in [5.41, 5.74) is 0. The predicted octanol–water partition coefficient (Wildman–Crippen LogP) is 14.1. The summed E-state index contributed by atoms with van der Waals surface area (Å²) >= 11 is 0. The summed E-state index contributed by atoms with van der Waals surface area (Å²) in [6, 6.07) is -1.02. The number of rotatable bonds is 52. The standard InChI is InChI=1S/C61H115NO10/c1-4-7-10-13-16-19-22-25-27-28-30-33-36-39-42-45-48-54(65)60(69)62-52(53(64)47-44-41-38-35-32-29-24-21-18-15-12-9-6-3)51-70-61-59(58(68)57(67)55(50-63)71-61)72-56(66)49-46-43-40-37-34-31-26-23-20-17-14-11-8-5-2/h25,27,44,47,52-55,57-59,61,63-65,67-68H,4-24,26,28-43,45-46,48-51H2,1-3H3,(H,62,69)/b27-25+,47-44+. The zero-order valence-electron chi connectivity index (χ0n) is 46.8. The van der Waals surface area contributed by atoms with E-state index in [4.69, 9.17) is 14.2 Å². The fraction of sp³-hybridized carbons (Fsp3) is 0.902. The monoisotopic (exact) mass is 1020 g/mol. The molecular weight excluding hydrogens is 907 g/mol. The number of amides is 1. The summed E-state index contributed by atoms with van der Waals surface area (Å²) in [6.45, 7) is 5.80. The summed E-state index contributed by atoms with van der Waals surface area (Å²) in [6.07, 6.45) is 46.4. The third kappa shape index (κ3) is 37.8. The average Bonchev–Trinajstić information content (AvgIpc) is 3.38. The van der Waals surface area contributed by atoms with Crippen molar-refractivity contribution < 1.29 is 49.3 Å². The van der Waals surface area contributed by atoms with Crippen molar-refractivity contribution in [2.75, 3.05) is 13.2 Å². The number of allylic oxidation sites excluding steroid dienone is 3. The number of hydrogen-bond acceptors (Lipinski definition) is 10. The van der Waals surface area contributed by atoms with Gasteiger partial charge >= 0.3 is 5.97 Å². The normalized spacial score (nSPS) is 19.6. The Morgan fingerprint density at radius 2 is 0.917 bits per heavy atom. The molecule has 0 aliphatic carbocycles. The zero-order chi connectivity index (χ0) is 52.5. The van der Waals surface area contributed by atoms with E-state index in [-0.39, 0.29) is 19.4 Å². The minimum absolute atomic E-state index is 0.129. The van der Waals surface area contributed by atoms with Crippen LogP contribution in [0.3, 0.4) is 0 Å². The number of ether oxygens (including phenoxy) is 3. The molecule has 1 fully saturated rings. The first-order valence-electron chi connectivity index (χ1n) is 30.6. The van der Waals surface area contributed by atoms with Crippen LogP contribution in [0.15, 0.2) is 24.3 Å². The number of aliphatic hydroxyl groups excluding tert-OH is 5. The molecule has 1 rings (SSSR count). The summed E-state index contributed by atoms with van der Waals surface area (Å²) < 4.78 is 17.6. The van der Waals surface area contributed by atoms with E-state index in [9.17, 15) is 35.1 Å². The highest BCUT2D eigenvalue weighted by Gasteiger charge is 2.47. The van der Waals surface area contributed by atoms with Crippen molar-refractivity contribution in [2.24, 2.45) is 0 Å². The van der Waals surface area contributed by atoms with Gasteiger partial charge in [-0.3, -0.25) is 9.59 Å². The van der Waals surface area contributed by atoms with Gasteiger partial charge in [-0.1, -0.05) is 257 Å². The second-order valence-corrected chi connectivity index (χ2v) is 21.4. The van der Waals surface area contributed by atoms with Crippen LogP contribution >= 0.6 is 0 Å². The molecule has 0 bridgehead atoms. The molecule has 11 nitrogen and oxygen atoms in total. The Morgan fingerprint density at radius 3 is 1.35 bits per heavy atom. The van der Waals surface area contributed by atoms with Crippen LogP contribution in [-0.2, 0) is 23.8 Å². The van der Waals surface area contributed by atoms with Crippen LogP contribution in [0.25, 0.3) is 0 Å². The molecule has 72 heavy (non-hydrogen) atoms. The van der Waals surface area contributed by atoms with Crippen molar-refractivity contribution in [3.63, 3.8) is 0 Å². The van der Waals surface area contributed by atoms with Gasteiger partial charge < -0.3 is 45.1 Å². The lowest BCUT2D eigenvalue weighted by Crippen LogP contribution is -2.61. The van der Waals surface area contributed by atoms with Crippen LogP contribution in [0.4, 0.5) is 0 Å². The molecule has 0 radical (unpaired) electrons. The van der Waals surface area contributed by atoms with Gasteiger partial charge in [-0.2, -0.15) is 0 Å². The molecule has 1 saturated heterocycles. The van der Waals surface area contributed by atoms with E-state index in [0.29, 0.717) is 12.8 Å². The quantitative estimate of drug-likeness (QED) is 0.0195. The second-order valence-electron chi connectivity index (χ2n) is 21.4. The van der Waals surface area contributed by atoms with Crippen LogP contribution in [0.1, 0.15) is 290 Å². The molecular formula is C61H115NO10. The van der Waals surface area contributed by atoms with E-state index in [1.165, 1.54) is 173 Å². The van der Waals surface area contributed by atoms with E-state index in [1.54, 1.807) is 6.08 Å². The van der Waals surface area contributed by atoms with E-state index >= 15 is 0 Å². The molecule has 6 N–H and O–H groups in total. The Balaban J connectivity index is 2.71. The molecule has 0 aromatic rings. The lowest BCUT2D eigenvalue weighted by molar-refractivity contribution is -0.305. The molecule has 8 atom stereocenters. The van der Waals surface area contributed by atoms with Crippen molar-refractivity contribution in [3.05, 3.63) is 24.3 Å². The number of hydrogen-bond donors (Lipinski definition) is 6. The van der Waals surface area contributed by atoms with Gasteiger partial charge in [0.25, 0.3) is 0 Å². The zero-order valence-corrected chi connectivity index (χ0v) is 46.8. The molecule has 0 spiro atoms. The van der Waals surface area contributed by atoms with Crippen LogP contribution in [0.2, 0.25) is 0 Å². The summed E-state index contributed by atoms with van der Waals surface area (Å²) in [5.74, 6) is -1.19. The first-order valence-corrected chi connectivity index (χ1v) is 30.6. The first kappa shape index (κ1) is 68.2. The Bertz CT molecular complexity index is 1270. The summed E-state index contributed by atoms with van der Waals surface area (Å²) in [4.78, 5) is 26.5. The third-order valence-corrected chi connectivity index (χ3v) is 14.6. The molecule has 1 aliphatic heterocycles. The molecule has 11 heteroatoms. The highest BCUT2D eigenvalue weighted by molar-refractivity contribution is 5.80. The van der Waals surface area contributed by atoms with Crippen LogP contribution in [-0.4, -0.2) is 99.6 Å². The lowest BCUT2D eigenvalue weighted by atomic mass is 9.99. The number of esters is 1. The predicted molar refractivity (Wildman–Crippen MR) is 297 cm³/mol. The van der Waals surface area contributed by atoms with Gasteiger partial charge in [0.05, 0.1) is 25.4 Å². The molecule has 8 unspecified atom stereocenters. The summed E-state index contributed by atoms with van der Waals surface area (Å²) in [5, 5.41) is 56.9. The number of nitrogens with one attached hydrogen (secondary N) is 1. The number of carbonyl (C=O) groups is 2. The molecule has 0 saturated carbocycles. The molecule has 424 valence electrons. The van der Waals surface area contributed by atoms with Crippen LogP contribution < -0.4 is 5.32 Å². The number of unbranched alkanes of at least 4 members (excludes halogenated alkanes) is 36. The fourth-order valence-electron chi connectivity index (χ4n) is 9.71. The second kappa shape index (κ2) is 50.0. The SMILES string of the molecule is CCCCCCCC/C=C/CCCCCCCCC(O)C(=O)NC(COC1OC(CO)C(O)C(O)C1OC(=O)CCCCCCCCCCCCCCCC)C(O)/C=C/CCCCCCCCCCCCC. The van der Waals surface area contributed by atoms with Gasteiger partial charge in [-0.25, -0.2) is 0 Å². The Kier molecular flexibility index (Phi) is 47.3. The molecule has 1 heterocycles. The molecule has 0 aromatic carbocycles. The van der Waals surface area contributed by atoms with E-state index in [2.05, 4.69) is 38.2 Å². The van der Waals surface area contributed by atoms with Crippen molar-refractivity contribution >= 4 is 11.9 Å². The van der Waals surface area contributed by atoms with Gasteiger partial charge in [0, 0.05) is 6.42 Å². The maximum atomic E-state index is 13.4. The van der Waals surface area contributed by atoms with Crippen LogP contribution in [0.5, 0.6) is 0 Å². The van der Waals surface area contributed by atoms with Gasteiger partial charge in [0.2, 0.25) is 5.91 Å². The van der Waals surface area contributed by atoms with Crippen LogP contribution in [0, 0.1) is 0 Å². The van der Waals surface area contributed by atoms with Crippen molar-refractivity contribution in [1.29, 1.82) is 0 Å². The summed E-state index contributed by atoms with van der Waals surface area (Å²) in [7, 11) is 0. The molecule has 0 aromatic heterocycles. The number of aliphatic hydroxyl groups is 5. The van der Waals surface area contributed by atoms with Gasteiger partial charge in [-0.05, 0) is 51.4 Å². The van der Waals surface area contributed by atoms with Crippen molar-refractivity contribution in [3.8, 4) is 0 Å². The first-order chi connectivity index (χ1) is 35.2. The van der Waals surface area contributed by atoms with Crippen molar-refractivity contribution in [2.45, 2.75) is 339 Å². The molecule has 1 amide bonds. The largest absolute Gasteiger partial charge is 0.454 e. The Labute approximate surface area is 441 Å². The van der Waals surface area contributed by atoms with Gasteiger partial charge in [-0.15, -0.1) is 0 Å². The minimum atomic E-state index is -1.61. The van der Waals surface area contributed by atoms with E-state index < -0.39 is 67.4 Å². The highest BCUT2D eigenvalue weighted by Crippen LogP contribution is 2.26. The lowest BCUT2D eigenvalue weighted by Gasteiger charge is -2.41. The minimum Gasteiger partial charge on any atom is -0.454 e. The van der Waals surface area contributed by atoms with Crippen molar-refractivity contribution in [1.82, 2.24) is 5.32 Å². The Hall–Kier alpha value is -1.86. The van der Waals surface area contributed by atoms with E-state index in [1.807, 2.05) is 6.08 Å². The van der Waals surface area contributed by atoms with Gasteiger partial charge in [0.15, 0.2) is 12.4 Å².